The lowest BCUT2D eigenvalue weighted by Gasteiger charge is -2.14. The largest absolute Gasteiger partial charge is 0.468 e. The monoisotopic (exact) mass is 435 g/mol. The number of para-hydroxylation sites is 1. The Morgan fingerprint density at radius 1 is 0.903 bits per heavy atom. The molecule has 0 fully saturated rings. The van der Waals surface area contributed by atoms with Gasteiger partial charge < -0.3 is 9.47 Å². The van der Waals surface area contributed by atoms with Crippen molar-refractivity contribution >= 4 is 16.0 Å². The van der Waals surface area contributed by atoms with Crippen LogP contribution >= 0.6 is 0 Å². The molecule has 0 spiro atoms. The van der Waals surface area contributed by atoms with Crippen molar-refractivity contribution in [3.8, 4) is 23.3 Å². The first kappa shape index (κ1) is 22.1. The molecule has 3 rings (SSSR count). The van der Waals surface area contributed by atoms with Crippen molar-refractivity contribution in [1.82, 2.24) is 4.72 Å². The Bertz CT molecular complexity index is 1170. The van der Waals surface area contributed by atoms with E-state index >= 15 is 0 Å². The van der Waals surface area contributed by atoms with Gasteiger partial charge in [-0.15, -0.1) is 0 Å². The molecule has 0 aliphatic rings. The zero-order valence-corrected chi connectivity index (χ0v) is 17.6. The van der Waals surface area contributed by atoms with Crippen LogP contribution in [-0.4, -0.2) is 27.5 Å². The highest BCUT2D eigenvalue weighted by molar-refractivity contribution is 7.89. The molecule has 31 heavy (non-hydrogen) atoms. The molecule has 0 aliphatic carbocycles. The van der Waals surface area contributed by atoms with E-state index in [4.69, 9.17) is 9.47 Å². The Morgan fingerprint density at radius 2 is 1.48 bits per heavy atom. The van der Waals surface area contributed by atoms with Gasteiger partial charge in [-0.3, -0.25) is 4.79 Å². The van der Waals surface area contributed by atoms with Crippen LogP contribution in [0.25, 0.3) is 0 Å². The van der Waals surface area contributed by atoms with Crippen LogP contribution in [-0.2, 0) is 19.6 Å². The number of ether oxygens (including phenoxy) is 2. The molecule has 0 heterocycles. The molecule has 6 nitrogen and oxygen atoms in total. The molecule has 1 N–H and O–H groups in total. The molecule has 0 bridgehead atoms. The molecule has 3 aromatic rings. The number of nitrogens with one attached hydrogen (secondary N) is 1. The second-order valence-electron chi connectivity index (χ2n) is 6.46. The molecule has 0 saturated carbocycles. The van der Waals surface area contributed by atoms with E-state index in [-0.39, 0.29) is 11.3 Å². The molecule has 0 amide bonds. The SMILES string of the molecule is COC(=O)C(CC#Cc1ccccc1)NS(=O)(=O)c1ccc(Oc2ccccc2)cc1. The summed E-state index contributed by atoms with van der Waals surface area (Å²) in [6.45, 7) is 0. The fraction of sp³-hybridized carbons (Fsp3) is 0.125. The number of esters is 1. The lowest BCUT2D eigenvalue weighted by molar-refractivity contribution is -0.142. The molecule has 1 unspecified atom stereocenters. The van der Waals surface area contributed by atoms with Crippen molar-refractivity contribution < 1.29 is 22.7 Å². The number of benzene rings is 3. The number of rotatable bonds is 7. The molecule has 0 aliphatic heterocycles. The minimum Gasteiger partial charge on any atom is -0.468 e. The molecular weight excluding hydrogens is 414 g/mol. The van der Waals surface area contributed by atoms with Gasteiger partial charge in [0.15, 0.2) is 0 Å². The lowest BCUT2D eigenvalue weighted by Crippen LogP contribution is -2.41. The van der Waals surface area contributed by atoms with Gasteiger partial charge in [-0.05, 0) is 48.5 Å². The van der Waals surface area contributed by atoms with Crippen LogP contribution in [0.3, 0.4) is 0 Å². The van der Waals surface area contributed by atoms with Gasteiger partial charge in [-0.2, -0.15) is 4.72 Å². The summed E-state index contributed by atoms with van der Waals surface area (Å²) in [5.74, 6) is 6.15. The van der Waals surface area contributed by atoms with Crippen molar-refractivity contribution in [1.29, 1.82) is 0 Å². The van der Waals surface area contributed by atoms with Gasteiger partial charge in [0.1, 0.15) is 17.5 Å². The van der Waals surface area contributed by atoms with Gasteiger partial charge in [-0.25, -0.2) is 8.42 Å². The summed E-state index contributed by atoms with van der Waals surface area (Å²) in [5.41, 5.74) is 0.767. The van der Waals surface area contributed by atoms with Gasteiger partial charge in [0, 0.05) is 12.0 Å². The minimum atomic E-state index is -3.97. The van der Waals surface area contributed by atoms with Crippen molar-refractivity contribution in [3.63, 3.8) is 0 Å². The third-order valence-electron chi connectivity index (χ3n) is 4.21. The first-order valence-corrected chi connectivity index (χ1v) is 10.9. The van der Waals surface area contributed by atoms with E-state index in [0.717, 1.165) is 5.56 Å². The summed E-state index contributed by atoms with van der Waals surface area (Å²) in [7, 11) is -2.78. The summed E-state index contributed by atoms with van der Waals surface area (Å²) in [4.78, 5) is 12.1. The van der Waals surface area contributed by atoms with Crippen molar-refractivity contribution in [2.45, 2.75) is 17.4 Å². The van der Waals surface area contributed by atoms with E-state index < -0.39 is 22.0 Å². The smallest absolute Gasteiger partial charge is 0.324 e. The van der Waals surface area contributed by atoms with Gasteiger partial charge in [0.05, 0.1) is 12.0 Å². The fourth-order valence-corrected chi connectivity index (χ4v) is 3.84. The second kappa shape index (κ2) is 10.4. The van der Waals surface area contributed by atoms with E-state index in [2.05, 4.69) is 16.6 Å². The topological polar surface area (TPSA) is 81.7 Å². The predicted molar refractivity (Wildman–Crippen MR) is 117 cm³/mol. The van der Waals surface area contributed by atoms with E-state index in [1.165, 1.54) is 19.2 Å². The zero-order valence-electron chi connectivity index (χ0n) is 16.8. The first-order chi connectivity index (χ1) is 15.0. The lowest BCUT2D eigenvalue weighted by atomic mass is 10.2. The Labute approximate surface area is 181 Å². The predicted octanol–water partition coefficient (Wildman–Crippen LogP) is 3.74. The molecule has 0 saturated heterocycles. The van der Waals surface area contributed by atoms with Crippen molar-refractivity contribution in [3.05, 3.63) is 90.5 Å². The highest BCUT2D eigenvalue weighted by Gasteiger charge is 2.25. The maximum absolute atomic E-state index is 12.8. The van der Waals surface area contributed by atoms with Crippen LogP contribution in [0.5, 0.6) is 11.5 Å². The summed E-state index contributed by atoms with van der Waals surface area (Å²) in [5, 5.41) is 0. The van der Waals surface area contributed by atoms with Crippen LogP contribution in [0.1, 0.15) is 12.0 Å². The molecule has 3 aromatic carbocycles. The van der Waals surface area contributed by atoms with Crippen molar-refractivity contribution in [2.75, 3.05) is 7.11 Å². The van der Waals surface area contributed by atoms with Crippen LogP contribution in [0, 0.1) is 11.8 Å². The molecule has 1 atom stereocenters. The quantitative estimate of drug-likeness (QED) is 0.452. The first-order valence-electron chi connectivity index (χ1n) is 9.45. The Balaban J connectivity index is 1.71. The van der Waals surface area contributed by atoms with Gasteiger partial charge in [0.25, 0.3) is 0 Å². The number of hydrogen-bond acceptors (Lipinski definition) is 5. The highest BCUT2D eigenvalue weighted by Crippen LogP contribution is 2.22. The summed E-state index contributed by atoms with van der Waals surface area (Å²) < 4.78 is 38.3. The Hall–Kier alpha value is -3.60. The fourth-order valence-electron chi connectivity index (χ4n) is 2.66. The van der Waals surface area contributed by atoms with Gasteiger partial charge in [-0.1, -0.05) is 48.2 Å². The Kier molecular flexibility index (Phi) is 7.44. The second-order valence-corrected chi connectivity index (χ2v) is 8.17. The van der Waals surface area contributed by atoms with E-state index in [1.54, 1.807) is 24.3 Å². The number of hydrogen-bond donors (Lipinski definition) is 1. The average molecular weight is 436 g/mol. The number of methoxy groups -OCH3 is 1. The number of carbonyl (C=O) groups excluding carboxylic acids is 1. The zero-order chi connectivity index (χ0) is 22.1. The summed E-state index contributed by atoms with van der Waals surface area (Å²) in [6, 6.07) is 23.1. The van der Waals surface area contributed by atoms with Crippen LogP contribution in [0.2, 0.25) is 0 Å². The highest BCUT2D eigenvalue weighted by atomic mass is 32.2. The van der Waals surface area contributed by atoms with E-state index in [0.29, 0.717) is 11.5 Å². The molecule has 158 valence electrons. The molecule has 0 radical (unpaired) electrons. The van der Waals surface area contributed by atoms with Crippen LogP contribution < -0.4 is 9.46 Å². The average Bonchev–Trinajstić information content (AvgIpc) is 2.79. The summed E-state index contributed by atoms with van der Waals surface area (Å²) >= 11 is 0. The maximum Gasteiger partial charge on any atom is 0.324 e. The normalized spacial score (nSPS) is 11.6. The summed E-state index contributed by atoms with van der Waals surface area (Å²) in [6.07, 6.45) is -0.0317. The third kappa shape index (κ3) is 6.44. The minimum absolute atomic E-state index is 0.00201. The van der Waals surface area contributed by atoms with E-state index in [9.17, 15) is 13.2 Å². The Morgan fingerprint density at radius 3 is 2.10 bits per heavy atom. The van der Waals surface area contributed by atoms with Gasteiger partial charge >= 0.3 is 5.97 Å². The maximum atomic E-state index is 12.8. The van der Waals surface area contributed by atoms with Crippen LogP contribution in [0.4, 0.5) is 0 Å². The molecular formula is C24H21NO5S. The van der Waals surface area contributed by atoms with Crippen molar-refractivity contribution in [2.24, 2.45) is 0 Å². The molecule has 0 aromatic heterocycles. The third-order valence-corrected chi connectivity index (χ3v) is 5.70. The van der Waals surface area contributed by atoms with Gasteiger partial charge in [0.2, 0.25) is 10.0 Å². The number of carbonyl (C=O) groups is 1. The molecule has 7 heteroatoms. The number of sulfonamides is 1. The standard InChI is InChI=1S/C24H21NO5S/c1-29-24(26)23(14-8-11-19-9-4-2-5-10-19)25-31(27,28)22-17-15-21(16-18-22)30-20-12-6-3-7-13-20/h2-7,9-10,12-13,15-18,23,25H,14H2,1H3. The van der Waals surface area contributed by atoms with E-state index in [1.807, 2.05) is 48.5 Å². The van der Waals surface area contributed by atoms with Crippen LogP contribution in [0.15, 0.2) is 89.8 Å².